The minimum absolute atomic E-state index is 0.116. The molecule has 3 heteroatoms. The first-order valence-corrected chi connectivity index (χ1v) is 7.30. The summed E-state index contributed by atoms with van der Waals surface area (Å²) in [7, 11) is 1.96. The summed E-state index contributed by atoms with van der Waals surface area (Å²) < 4.78 is 1.91. The van der Waals surface area contributed by atoms with E-state index < -0.39 is 6.10 Å². The van der Waals surface area contributed by atoms with Gasteiger partial charge in [0.15, 0.2) is 0 Å². The monoisotopic (exact) mass is 280 g/mol. The lowest BCUT2D eigenvalue weighted by Crippen LogP contribution is -2.12. The molecular formula is C18H20N2O. The van der Waals surface area contributed by atoms with Gasteiger partial charge in [-0.2, -0.15) is 5.10 Å². The number of para-hydroxylation sites is 1. The second kappa shape index (κ2) is 5.70. The summed E-state index contributed by atoms with van der Waals surface area (Å²) in [5.41, 5.74) is 3.15. The van der Waals surface area contributed by atoms with Crippen molar-refractivity contribution in [2.24, 2.45) is 13.0 Å². The second-order valence-electron chi connectivity index (χ2n) is 5.62. The molecule has 21 heavy (non-hydrogen) atoms. The summed E-state index contributed by atoms with van der Waals surface area (Å²) in [5.74, 6) is 0.116. The predicted octanol–water partition coefficient (Wildman–Crippen LogP) is 3.49. The van der Waals surface area contributed by atoms with Gasteiger partial charge in [0.2, 0.25) is 0 Å². The zero-order valence-electron chi connectivity index (χ0n) is 12.4. The van der Waals surface area contributed by atoms with E-state index in [1.54, 1.807) is 0 Å². The molecule has 0 aliphatic heterocycles. The highest BCUT2D eigenvalue weighted by atomic mass is 16.3. The topological polar surface area (TPSA) is 38.0 Å². The van der Waals surface area contributed by atoms with Gasteiger partial charge in [-0.3, -0.25) is 4.68 Å². The van der Waals surface area contributed by atoms with Crippen LogP contribution in [0, 0.1) is 5.92 Å². The Labute approximate surface area is 124 Å². The molecule has 0 amide bonds. The first-order chi connectivity index (χ1) is 10.2. The van der Waals surface area contributed by atoms with E-state index in [2.05, 4.69) is 24.2 Å². The Balaban J connectivity index is 1.85. The maximum Gasteiger partial charge on any atom is 0.0819 e. The number of aromatic nitrogens is 2. The van der Waals surface area contributed by atoms with Crippen molar-refractivity contribution in [3.05, 3.63) is 65.9 Å². The maximum atomic E-state index is 10.5. The molecule has 0 radical (unpaired) electrons. The molecule has 0 aliphatic carbocycles. The molecule has 3 nitrogen and oxygen atoms in total. The van der Waals surface area contributed by atoms with Crippen LogP contribution >= 0.6 is 0 Å². The van der Waals surface area contributed by atoms with E-state index in [-0.39, 0.29) is 5.92 Å². The highest BCUT2D eigenvalue weighted by Gasteiger charge is 2.19. The van der Waals surface area contributed by atoms with E-state index in [0.717, 1.165) is 23.2 Å². The van der Waals surface area contributed by atoms with Crippen molar-refractivity contribution in [1.29, 1.82) is 0 Å². The predicted molar refractivity (Wildman–Crippen MR) is 85.0 cm³/mol. The van der Waals surface area contributed by atoms with Crippen LogP contribution in [0.1, 0.15) is 24.3 Å². The first kappa shape index (κ1) is 13.8. The Hall–Kier alpha value is -2.13. The van der Waals surface area contributed by atoms with Crippen molar-refractivity contribution in [2.45, 2.75) is 19.4 Å². The summed E-state index contributed by atoms with van der Waals surface area (Å²) in [4.78, 5) is 0. The van der Waals surface area contributed by atoms with Gasteiger partial charge in [0, 0.05) is 12.4 Å². The largest absolute Gasteiger partial charge is 0.388 e. The van der Waals surface area contributed by atoms with Crippen molar-refractivity contribution in [3.8, 4) is 0 Å². The second-order valence-corrected chi connectivity index (χ2v) is 5.62. The Kier molecular flexibility index (Phi) is 3.76. The summed E-state index contributed by atoms with van der Waals surface area (Å²) in [5, 5.41) is 16.3. The summed E-state index contributed by atoms with van der Waals surface area (Å²) in [6.07, 6.45) is 0.296. The zero-order chi connectivity index (χ0) is 14.8. The molecule has 3 aromatic rings. The SMILES string of the molecule is CC(Cc1nn(C)c2ccccc12)C(O)c1ccccc1. The van der Waals surface area contributed by atoms with Gasteiger partial charge in [0.1, 0.15) is 0 Å². The van der Waals surface area contributed by atoms with E-state index in [1.807, 2.05) is 54.2 Å². The molecule has 2 atom stereocenters. The van der Waals surface area contributed by atoms with Crippen molar-refractivity contribution < 1.29 is 5.11 Å². The number of aliphatic hydroxyl groups is 1. The van der Waals surface area contributed by atoms with Crippen LogP contribution in [-0.2, 0) is 13.5 Å². The zero-order valence-corrected chi connectivity index (χ0v) is 12.4. The fourth-order valence-electron chi connectivity index (χ4n) is 2.83. The molecular weight excluding hydrogens is 260 g/mol. The minimum Gasteiger partial charge on any atom is -0.388 e. The standard InChI is InChI=1S/C18H20N2O/c1-13(18(21)14-8-4-3-5-9-14)12-16-15-10-6-7-11-17(15)20(2)19-16/h3-11,13,18,21H,12H2,1-2H3. The average Bonchev–Trinajstić information content (AvgIpc) is 2.84. The third-order valence-corrected chi connectivity index (χ3v) is 4.03. The molecule has 1 N–H and O–H groups in total. The number of hydrogen-bond acceptors (Lipinski definition) is 2. The number of hydrogen-bond donors (Lipinski definition) is 1. The molecule has 1 heterocycles. The minimum atomic E-state index is -0.466. The average molecular weight is 280 g/mol. The fourth-order valence-corrected chi connectivity index (χ4v) is 2.83. The van der Waals surface area contributed by atoms with Crippen LogP contribution in [0.3, 0.4) is 0 Å². The number of aliphatic hydroxyl groups excluding tert-OH is 1. The molecule has 0 fully saturated rings. The number of benzene rings is 2. The van der Waals surface area contributed by atoms with Crippen LogP contribution in [0.2, 0.25) is 0 Å². The van der Waals surface area contributed by atoms with E-state index in [4.69, 9.17) is 0 Å². The van der Waals surface area contributed by atoms with Crippen LogP contribution in [0.15, 0.2) is 54.6 Å². The number of nitrogens with zero attached hydrogens (tertiary/aromatic N) is 2. The van der Waals surface area contributed by atoms with Crippen molar-refractivity contribution in [1.82, 2.24) is 9.78 Å². The highest BCUT2D eigenvalue weighted by molar-refractivity contribution is 5.81. The molecule has 2 unspecified atom stereocenters. The molecule has 0 aliphatic rings. The van der Waals surface area contributed by atoms with Gasteiger partial charge >= 0.3 is 0 Å². The van der Waals surface area contributed by atoms with Gasteiger partial charge in [-0.05, 0) is 24.0 Å². The lowest BCUT2D eigenvalue weighted by Gasteiger charge is -2.18. The van der Waals surface area contributed by atoms with Gasteiger partial charge < -0.3 is 5.11 Å². The molecule has 0 saturated carbocycles. The van der Waals surface area contributed by atoms with Crippen LogP contribution < -0.4 is 0 Å². The summed E-state index contributed by atoms with van der Waals surface area (Å²) in [6.45, 7) is 2.07. The third-order valence-electron chi connectivity index (χ3n) is 4.03. The van der Waals surface area contributed by atoms with Gasteiger partial charge in [0.05, 0.1) is 17.3 Å². The summed E-state index contributed by atoms with van der Waals surface area (Å²) >= 11 is 0. The van der Waals surface area contributed by atoms with E-state index in [9.17, 15) is 5.11 Å². The van der Waals surface area contributed by atoms with Gasteiger partial charge in [-0.1, -0.05) is 55.5 Å². The number of rotatable bonds is 4. The van der Waals surface area contributed by atoms with Crippen LogP contribution in [-0.4, -0.2) is 14.9 Å². The summed E-state index contributed by atoms with van der Waals surface area (Å²) in [6, 6.07) is 18.1. The van der Waals surface area contributed by atoms with Crippen molar-refractivity contribution >= 4 is 10.9 Å². The Morgan fingerprint density at radius 1 is 1.05 bits per heavy atom. The quantitative estimate of drug-likeness (QED) is 0.794. The van der Waals surface area contributed by atoms with Crippen LogP contribution in [0.25, 0.3) is 10.9 Å². The van der Waals surface area contributed by atoms with Gasteiger partial charge in [-0.15, -0.1) is 0 Å². The molecule has 108 valence electrons. The molecule has 0 spiro atoms. The Bertz CT molecular complexity index is 733. The van der Waals surface area contributed by atoms with Crippen LogP contribution in [0.5, 0.6) is 0 Å². The molecule has 2 aromatic carbocycles. The van der Waals surface area contributed by atoms with E-state index >= 15 is 0 Å². The third kappa shape index (κ3) is 2.69. The fraction of sp³-hybridized carbons (Fsp3) is 0.278. The lowest BCUT2D eigenvalue weighted by atomic mass is 9.92. The Morgan fingerprint density at radius 3 is 2.48 bits per heavy atom. The lowest BCUT2D eigenvalue weighted by molar-refractivity contribution is 0.117. The highest BCUT2D eigenvalue weighted by Crippen LogP contribution is 2.27. The maximum absolute atomic E-state index is 10.5. The van der Waals surface area contributed by atoms with Crippen molar-refractivity contribution in [3.63, 3.8) is 0 Å². The smallest absolute Gasteiger partial charge is 0.0819 e. The molecule has 0 saturated heterocycles. The molecule has 3 rings (SSSR count). The van der Waals surface area contributed by atoms with Crippen molar-refractivity contribution in [2.75, 3.05) is 0 Å². The van der Waals surface area contributed by atoms with E-state index in [0.29, 0.717) is 0 Å². The Morgan fingerprint density at radius 2 is 1.71 bits per heavy atom. The van der Waals surface area contributed by atoms with E-state index in [1.165, 1.54) is 5.39 Å². The molecule has 0 bridgehead atoms. The first-order valence-electron chi connectivity index (χ1n) is 7.30. The van der Waals surface area contributed by atoms with Crippen LogP contribution in [0.4, 0.5) is 0 Å². The van der Waals surface area contributed by atoms with Gasteiger partial charge in [-0.25, -0.2) is 0 Å². The van der Waals surface area contributed by atoms with Gasteiger partial charge in [0.25, 0.3) is 0 Å². The normalized spacial score (nSPS) is 14.2. The molecule has 1 aromatic heterocycles. The number of fused-ring (bicyclic) bond motifs is 1. The number of aryl methyl sites for hydroxylation is 1.